The maximum absolute atomic E-state index is 11.6. The third-order valence-corrected chi connectivity index (χ3v) is 4.67. The Morgan fingerprint density at radius 1 is 1.63 bits per heavy atom. The molecule has 1 aliphatic carbocycles. The Morgan fingerprint density at radius 2 is 2.32 bits per heavy atom. The summed E-state index contributed by atoms with van der Waals surface area (Å²) in [5.74, 6) is -2.23. The van der Waals surface area contributed by atoms with Crippen LogP contribution in [0.15, 0.2) is 28.3 Å². The van der Waals surface area contributed by atoms with Gasteiger partial charge < -0.3 is 9.94 Å². The fourth-order valence-corrected chi connectivity index (χ4v) is 3.21. The van der Waals surface area contributed by atoms with Crippen LogP contribution in [0.3, 0.4) is 0 Å². The number of hydrogen-bond acceptors (Lipinski definition) is 5. The molecular weight excluding hydrogens is 294 g/mol. The summed E-state index contributed by atoms with van der Waals surface area (Å²) in [5.41, 5.74) is 0.326. The van der Waals surface area contributed by atoms with Crippen molar-refractivity contribution in [2.75, 3.05) is 12.9 Å². The number of carboxylic acids is 1. The first-order chi connectivity index (χ1) is 8.75. The molecule has 0 aromatic rings. The number of sulfone groups is 1. The van der Waals surface area contributed by atoms with E-state index < -0.39 is 26.6 Å². The van der Waals surface area contributed by atoms with Gasteiger partial charge in [0.05, 0.1) is 10.6 Å². The van der Waals surface area contributed by atoms with Gasteiger partial charge in [0.25, 0.3) is 0 Å². The standard InChI is InChI=1S/C11H12ClNO5S/c1-19(16,17)7-2-3-8(10(14)15)11(12,6-7)9-4-5-18-13-9/h2-3,6,8H,4-5H2,1H3,(H,14,15). The SMILES string of the molecule is CS(=O)(=O)C1=CC(Cl)(C2=NOCC2)C(C(=O)O)C=C1. The number of rotatable bonds is 3. The largest absolute Gasteiger partial charge is 0.481 e. The lowest BCUT2D eigenvalue weighted by Crippen LogP contribution is -2.43. The molecule has 8 heteroatoms. The van der Waals surface area contributed by atoms with Crippen molar-refractivity contribution in [2.24, 2.45) is 11.1 Å². The fraction of sp³-hybridized carbons (Fsp3) is 0.455. The Bertz CT molecular complexity index is 607. The van der Waals surface area contributed by atoms with Gasteiger partial charge in [0.1, 0.15) is 17.4 Å². The van der Waals surface area contributed by atoms with E-state index in [4.69, 9.17) is 16.4 Å². The van der Waals surface area contributed by atoms with Gasteiger partial charge in [0.2, 0.25) is 0 Å². The molecule has 1 aliphatic heterocycles. The van der Waals surface area contributed by atoms with Crippen LogP contribution in [0, 0.1) is 5.92 Å². The minimum Gasteiger partial charge on any atom is -0.481 e. The molecule has 0 spiro atoms. The Labute approximate surface area is 115 Å². The molecule has 6 nitrogen and oxygen atoms in total. The van der Waals surface area contributed by atoms with Gasteiger partial charge in [0, 0.05) is 12.7 Å². The second-order valence-electron chi connectivity index (χ2n) is 4.38. The number of aliphatic carboxylic acids is 1. The highest BCUT2D eigenvalue weighted by Crippen LogP contribution is 2.38. The normalized spacial score (nSPS) is 30.5. The Balaban J connectivity index is 2.53. The molecule has 0 saturated carbocycles. The summed E-state index contributed by atoms with van der Waals surface area (Å²) in [6, 6.07) is 0. The summed E-state index contributed by atoms with van der Waals surface area (Å²) in [6.07, 6.45) is 5.16. The van der Waals surface area contributed by atoms with Crippen molar-refractivity contribution < 1.29 is 23.2 Å². The monoisotopic (exact) mass is 305 g/mol. The molecule has 0 amide bonds. The van der Waals surface area contributed by atoms with E-state index in [1.807, 2.05) is 0 Å². The van der Waals surface area contributed by atoms with Crippen molar-refractivity contribution in [1.82, 2.24) is 0 Å². The molecule has 0 saturated heterocycles. The number of hydrogen-bond donors (Lipinski definition) is 1. The second kappa shape index (κ2) is 4.64. The average Bonchev–Trinajstić information content (AvgIpc) is 2.80. The molecule has 104 valence electrons. The van der Waals surface area contributed by atoms with Gasteiger partial charge in [-0.2, -0.15) is 0 Å². The highest BCUT2D eigenvalue weighted by molar-refractivity contribution is 7.94. The zero-order chi connectivity index (χ0) is 14.3. The first kappa shape index (κ1) is 14.1. The van der Waals surface area contributed by atoms with E-state index in [1.165, 1.54) is 18.2 Å². The van der Waals surface area contributed by atoms with Crippen molar-refractivity contribution in [3.05, 3.63) is 23.1 Å². The van der Waals surface area contributed by atoms with E-state index >= 15 is 0 Å². The molecule has 0 bridgehead atoms. The molecule has 0 aromatic heterocycles. The molecule has 0 fully saturated rings. The molecular formula is C11H12ClNO5S. The van der Waals surface area contributed by atoms with Crippen molar-refractivity contribution in [2.45, 2.75) is 11.3 Å². The summed E-state index contributed by atoms with van der Waals surface area (Å²) in [5, 5.41) is 12.9. The molecule has 0 aromatic carbocycles. The van der Waals surface area contributed by atoms with E-state index in [1.54, 1.807) is 0 Å². The van der Waals surface area contributed by atoms with Crippen LogP contribution < -0.4 is 0 Å². The first-order valence-corrected chi connectivity index (χ1v) is 7.74. The molecule has 2 aliphatic rings. The first-order valence-electron chi connectivity index (χ1n) is 5.47. The number of nitrogens with zero attached hydrogens (tertiary/aromatic N) is 1. The van der Waals surface area contributed by atoms with Crippen LogP contribution >= 0.6 is 11.6 Å². The van der Waals surface area contributed by atoms with E-state index in [0.29, 0.717) is 18.7 Å². The topological polar surface area (TPSA) is 93.0 Å². The van der Waals surface area contributed by atoms with Crippen LogP contribution in [-0.4, -0.2) is 42.9 Å². The third-order valence-electron chi connectivity index (χ3n) is 3.00. The lowest BCUT2D eigenvalue weighted by molar-refractivity contribution is -0.140. The summed E-state index contributed by atoms with van der Waals surface area (Å²) >= 11 is 6.36. The Kier molecular flexibility index (Phi) is 3.44. The summed E-state index contributed by atoms with van der Waals surface area (Å²) in [6.45, 7) is 0.307. The molecule has 2 rings (SSSR count). The molecule has 2 unspecified atom stereocenters. The van der Waals surface area contributed by atoms with Gasteiger partial charge in [-0.1, -0.05) is 11.2 Å². The lowest BCUT2D eigenvalue weighted by Gasteiger charge is -2.30. The predicted octanol–water partition coefficient (Wildman–Crippen LogP) is 0.939. The highest BCUT2D eigenvalue weighted by atomic mass is 35.5. The molecule has 1 N–H and O–H groups in total. The van der Waals surface area contributed by atoms with Crippen LogP contribution in [0.25, 0.3) is 0 Å². The number of carboxylic acid groups (broad SMARTS) is 1. The van der Waals surface area contributed by atoms with Crippen LogP contribution in [0.2, 0.25) is 0 Å². The van der Waals surface area contributed by atoms with Gasteiger partial charge in [-0.3, -0.25) is 4.79 Å². The van der Waals surface area contributed by atoms with Gasteiger partial charge in [0.15, 0.2) is 9.84 Å². The van der Waals surface area contributed by atoms with Gasteiger partial charge in [-0.15, -0.1) is 11.6 Å². The minimum atomic E-state index is -3.47. The average molecular weight is 306 g/mol. The summed E-state index contributed by atoms with van der Waals surface area (Å²) < 4.78 is 23.1. The molecule has 1 heterocycles. The quantitative estimate of drug-likeness (QED) is 0.783. The summed E-state index contributed by atoms with van der Waals surface area (Å²) in [4.78, 5) is 14.6. The van der Waals surface area contributed by atoms with Gasteiger partial charge >= 0.3 is 5.97 Å². The van der Waals surface area contributed by atoms with E-state index in [-0.39, 0.29) is 4.91 Å². The lowest BCUT2D eigenvalue weighted by atomic mass is 9.83. The number of oxime groups is 1. The van der Waals surface area contributed by atoms with Crippen LogP contribution in [-0.2, 0) is 19.5 Å². The molecule has 0 radical (unpaired) electrons. The van der Waals surface area contributed by atoms with Crippen molar-refractivity contribution in [1.29, 1.82) is 0 Å². The number of allylic oxidation sites excluding steroid dienone is 2. The predicted molar refractivity (Wildman–Crippen MR) is 69.8 cm³/mol. The zero-order valence-corrected chi connectivity index (χ0v) is 11.6. The summed E-state index contributed by atoms with van der Waals surface area (Å²) in [7, 11) is -3.47. The van der Waals surface area contributed by atoms with Crippen molar-refractivity contribution >= 4 is 33.1 Å². The van der Waals surface area contributed by atoms with Crippen molar-refractivity contribution in [3.63, 3.8) is 0 Å². The van der Waals surface area contributed by atoms with Crippen molar-refractivity contribution in [3.8, 4) is 0 Å². The fourth-order valence-electron chi connectivity index (χ4n) is 2.00. The maximum atomic E-state index is 11.6. The Morgan fingerprint density at radius 3 is 2.79 bits per heavy atom. The Hall–Kier alpha value is -1.34. The number of halogens is 1. The second-order valence-corrected chi connectivity index (χ2v) is 7.02. The highest BCUT2D eigenvalue weighted by Gasteiger charge is 2.47. The smallest absolute Gasteiger partial charge is 0.312 e. The minimum absolute atomic E-state index is 0.0189. The number of carbonyl (C=O) groups is 1. The van der Waals surface area contributed by atoms with Crippen LogP contribution in [0.4, 0.5) is 0 Å². The van der Waals surface area contributed by atoms with E-state index in [9.17, 15) is 18.3 Å². The van der Waals surface area contributed by atoms with E-state index in [0.717, 1.165) is 6.26 Å². The molecule has 19 heavy (non-hydrogen) atoms. The molecule has 2 atom stereocenters. The van der Waals surface area contributed by atoms with Crippen LogP contribution in [0.1, 0.15) is 6.42 Å². The van der Waals surface area contributed by atoms with Gasteiger partial charge in [-0.05, 0) is 12.2 Å². The number of alkyl halides is 1. The van der Waals surface area contributed by atoms with Gasteiger partial charge in [-0.25, -0.2) is 8.42 Å². The van der Waals surface area contributed by atoms with Crippen LogP contribution in [0.5, 0.6) is 0 Å². The third kappa shape index (κ3) is 2.52. The van der Waals surface area contributed by atoms with E-state index in [2.05, 4.69) is 5.16 Å². The maximum Gasteiger partial charge on any atom is 0.312 e. The zero-order valence-electron chi connectivity index (χ0n) is 10.0.